The lowest BCUT2D eigenvalue weighted by atomic mass is 9.93. The molecule has 0 saturated carbocycles. The minimum atomic E-state index is -4.41. The Bertz CT molecular complexity index is 859. The van der Waals surface area contributed by atoms with Crippen molar-refractivity contribution in [2.75, 3.05) is 0 Å². The molecule has 0 aliphatic rings. The molecule has 2 heterocycles. The van der Waals surface area contributed by atoms with E-state index in [0.29, 0.717) is 17.9 Å². The van der Waals surface area contributed by atoms with E-state index in [1.54, 1.807) is 0 Å². The number of aryl methyl sites for hydroxylation is 1. The van der Waals surface area contributed by atoms with Crippen LogP contribution in [0.5, 0.6) is 5.75 Å². The molecule has 0 aromatic carbocycles. The third-order valence-corrected chi connectivity index (χ3v) is 4.68. The summed E-state index contributed by atoms with van der Waals surface area (Å²) in [4.78, 5) is 8.61. The van der Waals surface area contributed by atoms with Crippen LogP contribution in [-0.2, 0) is 18.3 Å². The van der Waals surface area contributed by atoms with Gasteiger partial charge in [-0.2, -0.15) is 22.0 Å². The average Bonchev–Trinajstić information content (AvgIpc) is 2.90. The standard InChI is InChI=1S/C19H23ClF5N3O/c1-6-13-27-14(18(3,4)5)15(20)28(13)16-12(29-17(21)22)8-11(9-26-16)7-10(2)19(23,24)25/h8-10,17H,6-7H2,1-5H3. The Morgan fingerprint density at radius 2 is 1.83 bits per heavy atom. The molecule has 162 valence electrons. The highest BCUT2D eigenvalue weighted by molar-refractivity contribution is 6.30. The van der Waals surface area contributed by atoms with Gasteiger partial charge in [0.25, 0.3) is 0 Å². The first-order valence-electron chi connectivity index (χ1n) is 9.04. The molecule has 0 aliphatic carbocycles. The number of hydrogen-bond donors (Lipinski definition) is 0. The Morgan fingerprint density at radius 3 is 2.31 bits per heavy atom. The number of imidazole rings is 1. The molecule has 10 heteroatoms. The van der Waals surface area contributed by atoms with E-state index in [9.17, 15) is 22.0 Å². The van der Waals surface area contributed by atoms with E-state index in [1.165, 1.54) is 10.8 Å². The smallest absolute Gasteiger partial charge is 0.391 e. The van der Waals surface area contributed by atoms with E-state index in [-0.39, 0.29) is 22.3 Å². The SMILES string of the molecule is CCc1nc(C(C)(C)C)c(Cl)n1-c1ncc(CC(C)C(F)(F)F)cc1OC(F)F. The monoisotopic (exact) mass is 439 g/mol. The topological polar surface area (TPSA) is 39.9 Å². The lowest BCUT2D eigenvalue weighted by Gasteiger charge is -2.18. The first kappa shape index (κ1) is 23.4. The fourth-order valence-electron chi connectivity index (χ4n) is 2.78. The van der Waals surface area contributed by atoms with Crippen molar-refractivity contribution >= 4 is 11.6 Å². The Hall–Kier alpha value is -1.90. The van der Waals surface area contributed by atoms with Crippen LogP contribution in [0.3, 0.4) is 0 Å². The zero-order valence-electron chi connectivity index (χ0n) is 16.7. The van der Waals surface area contributed by atoms with Crippen molar-refractivity contribution in [2.45, 2.75) is 65.7 Å². The number of rotatable bonds is 6. The largest absolute Gasteiger partial charge is 0.431 e. The van der Waals surface area contributed by atoms with E-state index in [2.05, 4.69) is 14.7 Å². The highest BCUT2D eigenvalue weighted by Gasteiger charge is 2.36. The highest BCUT2D eigenvalue weighted by Crippen LogP contribution is 2.36. The molecular formula is C19H23ClF5N3O. The Morgan fingerprint density at radius 1 is 1.21 bits per heavy atom. The molecule has 0 spiro atoms. The third-order valence-electron chi connectivity index (χ3n) is 4.34. The van der Waals surface area contributed by atoms with Crippen molar-refractivity contribution in [1.82, 2.24) is 14.5 Å². The molecule has 4 nitrogen and oxygen atoms in total. The first-order chi connectivity index (χ1) is 13.3. The maximum atomic E-state index is 13.0. The molecule has 0 radical (unpaired) electrons. The number of nitrogens with zero attached hydrogens (tertiary/aromatic N) is 3. The fourth-order valence-corrected chi connectivity index (χ4v) is 3.29. The van der Waals surface area contributed by atoms with Crippen molar-refractivity contribution in [3.63, 3.8) is 0 Å². The van der Waals surface area contributed by atoms with Gasteiger partial charge in [0.05, 0.1) is 11.6 Å². The van der Waals surface area contributed by atoms with Crippen molar-refractivity contribution in [2.24, 2.45) is 5.92 Å². The zero-order chi connectivity index (χ0) is 22.1. The van der Waals surface area contributed by atoms with Gasteiger partial charge in [0, 0.05) is 18.0 Å². The molecule has 2 aromatic rings. The van der Waals surface area contributed by atoms with Gasteiger partial charge in [0.1, 0.15) is 11.0 Å². The Kier molecular flexibility index (Phi) is 6.82. The normalized spacial score (nSPS) is 13.8. The highest BCUT2D eigenvalue weighted by atomic mass is 35.5. The van der Waals surface area contributed by atoms with Crippen LogP contribution >= 0.6 is 11.6 Å². The third kappa shape index (κ3) is 5.38. The second-order valence-electron chi connectivity index (χ2n) is 7.80. The average molecular weight is 440 g/mol. The second-order valence-corrected chi connectivity index (χ2v) is 8.16. The summed E-state index contributed by atoms with van der Waals surface area (Å²) in [5, 5.41) is 0.192. The van der Waals surface area contributed by atoms with E-state index in [4.69, 9.17) is 11.6 Å². The molecule has 29 heavy (non-hydrogen) atoms. The minimum absolute atomic E-state index is 0.0430. The minimum Gasteiger partial charge on any atom is -0.431 e. The number of ether oxygens (including phenoxy) is 1. The van der Waals surface area contributed by atoms with E-state index in [0.717, 1.165) is 13.0 Å². The van der Waals surface area contributed by atoms with Gasteiger partial charge in [-0.15, -0.1) is 0 Å². The molecule has 1 atom stereocenters. The second kappa shape index (κ2) is 8.45. The van der Waals surface area contributed by atoms with Gasteiger partial charge in [0.15, 0.2) is 11.6 Å². The van der Waals surface area contributed by atoms with Crippen LogP contribution in [0, 0.1) is 5.92 Å². The van der Waals surface area contributed by atoms with Crippen LogP contribution in [0.1, 0.15) is 51.7 Å². The summed E-state index contributed by atoms with van der Waals surface area (Å²) in [6, 6.07) is 1.14. The summed E-state index contributed by atoms with van der Waals surface area (Å²) in [5.41, 5.74) is 0.257. The van der Waals surface area contributed by atoms with Crippen LogP contribution in [0.25, 0.3) is 5.82 Å². The van der Waals surface area contributed by atoms with Gasteiger partial charge in [-0.25, -0.2) is 9.97 Å². The molecule has 0 N–H and O–H groups in total. The van der Waals surface area contributed by atoms with E-state index >= 15 is 0 Å². The summed E-state index contributed by atoms with van der Waals surface area (Å²) in [6.45, 7) is 5.35. The van der Waals surface area contributed by atoms with Crippen LogP contribution in [0.15, 0.2) is 12.3 Å². The van der Waals surface area contributed by atoms with Crippen LogP contribution in [-0.4, -0.2) is 27.3 Å². The maximum Gasteiger partial charge on any atom is 0.391 e. The van der Waals surface area contributed by atoms with Gasteiger partial charge in [-0.1, -0.05) is 46.2 Å². The van der Waals surface area contributed by atoms with Crippen molar-refractivity contribution < 1.29 is 26.7 Å². The lowest BCUT2D eigenvalue weighted by molar-refractivity contribution is -0.169. The molecule has 1 unspecified atom stereocenters. The van der Waals surface area contributed by atoms with Gasteiger partial charge in [0.2, 0.25) is 0 Å². The maximum absolute atomic E-state index is 13.0. The molecule has 0 amide bonds. The summed E-state index contributed by atoms with van der Waals surface area (Å²) >= 11 is 6.49. The van der Waals surface area contributed by atoms with Crippen LogP contribution in [0.4, 0.5) is 22.0 Å². The zero-order valence-corrected chi connectivity index (χ0v) is 17.5. The van der Waals surface area contributed by atoms with Crippen molar-refractivity contribution in [1.29, 1.82) is 0 Å². The summed E-state index contributed by atoms with van der Waals surface area (Å²) in [6.07, 6.45) is -3.18. The Balaban J connectivity index is 2.60. The molecule has 0 fully saturated rings. The molecule has 2 rings (SSSR count). The van der Waals surface area contributed by atoms with Crippen LogP contribution in [0.2, 0.25) is 5.15 Å². The lowest BCUT2D eigenvalue weighted by Crippen LogP contribution is -2.22. The Labute approximate surface area is 171 Å². The van der Waals surface area contributed by atoms with Gasteiger partial charge in [-0.3, -0.25) is 4.57 Å². The van der Waals surface area contributed by atoms with E-state index < -0.39 is 30.5 Å². The summed E-state index contributed by atoms with van der Waals surface area (Å²) < 4.78 is 70.5. The summed E-state index contributed by atoms with van der Waals surface area (Å²) in [7, 11) is 0. The number of halogens is 6. The van der Waals surface area contributed by atoms with Gasteiger partial charge in [-0.05, 0) is 18.1 Å². The quantitative estimate of drug-likeness (QED) is 0.509. The van der Waals surface area contributed by atoms with Crippen LogP contribution < -0.4 is 4.74 Å². The number of aromatic nitrogens is 3. The molecule has 0 bridgehead atoms. The van der Waals surface area contributed by atoms with Gasteiger partial charge < -0.3 is 4.74 Å². The first-order valence-corrected chi connectivity index (χ1v) is 9.41. The summed E-state index contributed by atoms with van der Waals surface area (Å²) in [5.74, 6) is -1.59. The fraction of sp³-hybridized carbons (Fsp3) is 0.579. The predicted octanol–water partition coefficient (Wildman–Crippen LogP) is 6.12. The van der Waals surface area contributed by atoms with Crippen molar-refractivity contribution in [3.05, 3.63) is 34.5 Å². The van der Waals surface area contributed by atoms with Crippen molar-refractivity contribution in [3.8, 4) is 11.6 Å². The molecule has 0 saturated heterocycles. The molecule has 2 aromatic heterocycles. The van der Waals surface area contributed by atoms with Gasteiger partial charge >= 0.3 is 12.8 Å². The van der Waals surface area contributed by atoms with E-state index in [1.807, 2.05) is 27.7 Å². The number of alkyl halides is 5. The predicted molar refractivity (Wildman–Crippen MR) is 100 cm³/mol. The molecule has 0 aliphatic heterocycles. The number of pyridine rings is 1. The molecular weight excluding hydrogens is 417 g/mol. The number of hydrogen-bond acceptors (Lipinski definition) is 3.